The number of nitrogens with one attached hydrogen (secondary N) is 1. The molecule has 2 atom stereocenters. The highest BCUT2D eigenvalue weighted by Crippen LogP contribution is 2.25. The summed E-state index contributed by atoms with van der Waals surface area (Å²) in [6.07, 6.45) is 2.94. The van der Waals surface area contributed by atoms with Crippen molar-refractivity contribution < 1.29 is 4.79 Å². The number of aromatic nitrogens is 4. The zero-order valence-corrected chi connectivity index (χ0v) is 18.8. The number of hydrogen-bond donors (Lipinski definition) is 1. The number of anilines is 2. The summed E-state index contributed by atoms with van der Waals surface area (Å²) in [5, 5.41) is 21.6. The third-order valence-electron chi connectivity index (χ3n) is 5.40. The first-order valence-corrected chi connectivity index (χ1v) is 11.2. The van der Waals surface area contributed by atoms with Crippen molar-refractivity contribution in [2.75, 3.05) is 37.4 Å². The summed E-state index contributed by atoms with van der Waals surface area (Å²) in [7, 11) is 3.86. The lowest BCUT2D eigenvalue weighted by Gasteiger charge is -2.23. The quantitative estimate of drug-likeness (QED) is 0.576. The molecule has 9 heteroatoms. The Morgan fingerprint density at radius 1 is 1.23 bits per heavy atom. The van der Waals surface area contributed by atoms with Crippen molar-refractivity contribution in [3.8, 4) is 0 Å². The van der Waals surface area contributed by atoms with Crippen LogP contribution in [0, 0.1) is 6.92 Å². The average molecular weight is 438 g/mol. The van der Waals surface area contributed by atoms with Gasteiger partial charge in [0, 0.05) is 25.3 Å². The van der Waals surface area contributed by atoms with E-state index in [0.717, 1.165) is 41.0 Å². The molecule has 0 spiro atoms. The van der Waals surface area contributed by atoms with Gasteiger partial charge in [-0.3, -0.25) is 9.69 Å². The summed E-state index contributed by atoms with van der Waals surface area (Å²) in [6, 6.07) is 12.0. The molecule has 0 saturated carbocycles. The number of aryl methyl sites for hydroxylation is 1. The molecule has 0 aliphatic carbocycles. The van der Waals surface area contributed by atoms with Crippen LogP contribution in [0.2, 0.25) is 0 Å². The van der Waals surface area contributed by atoms with E-state index >= 15 is 0 Å². The Kier molecular flexibility index (Phi) is 6.53. The van der Waals surface area contributed by atoms with Crippen LogP contribution >= 0.6 is 11.3 Å². The SMILES string of the molecule is Cc1ccc([C@@H](C(=O)Cc2nnc(N[C@@H]3CCN(c4cccnn4)C3)s2)N(C)C)cc1. The molecular weight excluding hydrogens is 410 g/mol. The van der Waals surface area contributed by atoms with E-state index in [1.165, 1.54) is 16.9 Å². The van der Waals surface area contributed by atoms with Crippen molar-refractivity contribution >= 4 is 28.1 Å². The van der Waals surface area contributed by atoms with Gasteiger partial charge in [-0.05, 0) is 45.1 Å². The number of ketones is 1. The Hall–Kier alpha value is -2.91. The molecule has 0 unspecified atom stereocenters. The highest BCUT2D eigenvalue weighted by Gasteiger charge is 2.26. The highest BCUT2D eigenvalue weighted by atomic mass is 32.1. The Balaban J connectivity index is 1.36. The summed E-state index contributed by atoms with van der Waals surface area (Å²) in [5.74, 6) is 1.01. The Morgan fingerprint density at radius 3 is 2.74 bits per heavy atom. The molecule has 3 aromatic rings. The van der Waals surface area contributed by atoms with E-state index in [0.29, 0.717) is 0 Å². The molecule has 162 valence electrons. The lowest BCUT2D eigenvalue weighted by Crippen LogP contribution is -2.29. The zero-order chi connectivity index (χ0) is 21.8. The van der Waals surface area contributed by atoms with Gasteiger partial charge < -0.3 is 10.2 Å². The van der Waals surface area contributed by atoms with Gasteiger partial charge in [0.1, 0.15) is 5.01 Å². The second-order valence-corrected chi connectivity index (χ2v) is 9.14. The minimum atomic E-state index is -0.295. The molecule has 3 heterocycles. The van der Waals surface area contributed by atoms with E-state index in [4.69, 9.17) is 0 Å². The molecule has 0 amide bonds. The number of carbonyl (C=O) groups is 1. The molecule has 31 heavy (non-hydrogen) atoms. The predicted molar refractivity (Wildman–Crippen MR) is 122 cm³/mol. The molecule has 1 aliphatic rings. The topological polar surface area (TPSA) is 87.1 Å². The number of hydrogen-bond acceptors (Lipinski definition) is 9. The molecule has 4 rings (SSSR count). The summed E-state index contributed by atoms with van der Waals surface area (Å²) < 4.78 is 0. The zero-order valence-electron chi connectivity index (χ0n) is 18.0. The molecule has 1 saturated heterocycles. The number of Topliss-reactive ketones (excluding diaryl/α,β-unsaturated/α-hetero) is 1. The lowest BCUT2D eigenvalue weighted by molar-refractivity contribution is -0.123. The minimum Gasteiger partial charge on any atom is -0.355 e. The molecule has 1 fully saturated rings. The number of nitrogens with zero attached hydrogens (tertiary/aromatic N) is 6. The Labute approximate surface area is 186 Å². The third kappa shape index (κ3) is 5.23. The van der Waals surface area contributed by atoms with Crippen LogP contribution in [0.1, 0.15) is 28.6 Å². The van der Waals surface area contributed by atoms with Gasteiger partial charge in [0.25, 0.3) is 0 Å². The fraction of sp³-hybridized carbons (Fsp3) is 0.409. The second-order valence-electron chi connectivity index (χ2n) is 8.08. The van der Waals surface area contributed by atoms with Crippen LogP contribution in [0.3, 0.4) is 0 Å². The summed E-state index contributed by atoms with van der Waals surface area (Å²) >= 11 is 1.45. The van der Waals surface area contributed by atoms with Gasteiger partial charge in [0.05, 0.1) is 12.5 Å². The number of carbonyl (C=O) groups excluding carboxylic acids is 1. The molecule has 1 aliphatic heterocycles. The van der Waals surface area contributed by atoms with Gasteiger partial charge in [-0.25, -0.2) is 0 Å². The van der Waals surface area contributed by atoms with E-state index in [-0.39, 0.29) is 24.3 Å². The molecule has 0 bridgehead atoms. The molecule has 1 aromatic carbocycles. The van der Waals surface area contributed by atoms with E-state index in [1.54, 1.807) is 6.20 Å². The second kappa shape index (κ2) is 9.49. The monoisotopic (exact) mass is 437 g/mol. The van der Waals surface area contributed by atoms with Crippen LogP contribution < -0.4 is 10.2 Å². The van der Waals surface area contributed by atoms with Crippen molar-refractivity contribution in [1.82, 2.24) is 25.3 Å². The van der Waals surface area contributed by atoms with Gasteiger partial charge in [0.15, 0.2) is 11.6 Å². The van der Waals surface area contributed by atoms with Crippen LogP contribution in [0.25, 0.3) is 0 Å². The first-order chi connectivity index (χ1) is 15.0. The predicted octanol–water partition coefficient (Wildman–Crippen LogP) is 2.74. The van der Waals surface area contributed by atoms with E-state index < -0.39 is 0 Å². The van der Waals surface area contributed by atoms with Crippen LogP contribution in [-0.2, 0) is 11.2 Å². The van der Waals surface area contributed by atoms with Crippen LogP contribution in [0.15, 0.2) is 42.6 Å². The van der Waals surface area contributed by atoms with Crippen molar-refractivity contribution in [1.29, 1.82) is 0 Å². The maximum atomic E-state index is 13.1. The largest absolute Gasteiger partial charge is 0.355 e. The van der Waals surface area contributed by atoms with Gasteiger partial charge in [-0.2, -0.15) is 5.10 Å². The fourth-order valence-corrected chi connectivity index (χ4v) is 4.70. The van der Waals surface area contributed by atoms with Gasteiger partial charge in [0.2, 0.25) is 5.13 Å². The highest BCUT2D eigenvalue weighted by molar-refractivity contribution is 7.15. The van der Waals surface area contributed by atoms with Gasteiger partial charge in [-0.1, -0.05) is 41.2 Å². The lowest BCUT2D eigenvalue weighted by atomic mass is 9.99. The van der Waals surface area contributed by atoms with Crippen molar-refractivity contribution in [3.63, 3.8) is 0 Å². The maximum Gasteiger partial charge on any atom is 0.205 e. The van der Waals surface area contributed by atoms with E-state index in [9.17, 15) is 4.79 Å². The maximum absolute atomic E-state index is 13.1. The molecule has 2 aromatic heterocycles. The summed E-state index contributed by atoms with van der Waals surface area (Å²) in [6.45, 7) is 3.80. The van der Waals surface area contributed by atoms with Crippen LogP contribution in [0.4, 0.5) is 10.9 Å². The summed E-state index contributed by atoms with van der Waals surface area (Å²) in [4.78, 5) is 17.2. The number of likely N-dealkylation sites (N-methyl/N-ethyl adjacent to an activating group) is 1. The van der Waals surface area contributed by atoms with E-state index in [1.807, 2.05) is 62.3 Å². The number of benzene rings is 1. The average Bonchev–Trinajstić information content (AvgIpc) is 3.40. The minimum absolute atomic E-state index is 0.117. The standard InChI is InChI=1S/C22H27N7OS/c1-15-6-8-16(9-7-15)21(28(2)3)18(30)13-20-26-27-22(31-20)24-17-10-12-29(14-17)19-5-4-11-23-25-19/h4-9,11,17,21H,10,12-14H2,1-3H3,(H,24,27)/t17-,21+/m1/s1. The molecule has 1 N–H and O–H groups in total. The fourth-order valence-electron chi connectivity index (χ4n) is 3.87. The molecular formula is C22H27N7OS. The van der Waals surface area contributed by atoms with Crippen LogP contribution in [0.5, 0.6) is 0 Å². The third-order valence-corrected chi connectivity index (χ3v) is 6.26. The number of rotatable bonds is 8. The van der Waals surface area contributed by atoms with Crippen molar-refractivity contribution in [2.45, 2.75) is 31.8 Å². The smallest absolute Gasteiger partial charge is 0.205 e. The van der Waals surface area contributed by atoms with Gasteiger partial charge in [-0.15, -0.1) is 15.3 Å². The van der Waals surface area contributed by atoms with Crippen LogP contribution in [-0.4, -0.2) is 64.3 Å². The van der Waals surface area contributed by atoms with Gasteiger partial charge >= 0.3 is 0 Å². The van der Waals surface area contributed by atoms with Crippen molar-refractivity contribution in [3.05, 3.63) is 58.7 Å². The Morgan fingerprint density at radius 2 is 2.03 bits per heavy atom. The summed E-state index contributed by atoms with van der Waals surface area (Å²) in [5.41, 5.74) is 2.18. The molecule has 0 radical (unpaired) electrons. The molecule has 8 nitrogen and oxygen atoms in total. The first-order valence-electron chi connectivity index (χ1n) is 10.4. The first kappa shape index (κ1) is 21.3. The van der Waals surface area contributed by atoms with Crippen molar-refractivity contribution in [2.24, 2.45) is 0 Å². The normalized spacial score (nSPS) is 17.2. The Bertz CT molecular complexity index is 1010. The van der Waals surface area contributed by atoms with E-state index in [2.05, 4.69) is 30.6 Å².